The molecule has 4 aromatic rings. The first-order valence-electron chi connectivity index (χ1n) is 13.2. The van der Waals surface area contributed by atoms with Crippen LogP contribution in [-0.2, 0) is 31.8 Å². The molecule has 0 aliphatic carbocycles. The smallest absolute Gasteiger partial charge is 0.247 e. The number of fused-ring (bicyclic) bond motifs is 1. The average molecular weight is 574 g/mol. The van der Waals surface area contributed by atoms with Gasteiger partial charge in [0.2, 0.25) is 27.8 Å². The Labute approximate surface area is 238 Å². The number of nitrogens with two attached hydrogens (primary N) is 2. The van der Waals surface area contributed by atoms with Crippen molar-refractivity contribution in [3.63, 3.8) is 0 Å². The highest BCUT2D eigenvalue weighted by molar-refractivity contribution is 7.88. The Hall–Kier alpha value is -4.55. The molecule has 2 unspecified atom stereocenters. The van der Waals surface area contributed by atoms with E-state index in [1.54, 1.807) is 48.5 Å². The van der Waals surface area contributed by atoms with E-state index < -0.39 is 28.0 Å². The van der Waals surface area contributed by atoms with Crippen LogP contribution in [0.4, 0.5) is 17.5 Å². The van der Waals surface area contributed by atoms with E-state index in [1.807, 2.05) is 30.3 Å². The summed E-state index contributed by atoms with van der Waals surface area (Å²) >= 11 is 0. The van der Waals surface area contributed by atoms with Gasteiger partial charge < -0.3 is 21.7 Å². The normalized spacial score (nSPS) is 16.0. The molecule has 2 heterocycles. The van der Waals surface area contributed by atoms with E-state index in [9.17, 15) is 18.0 Å². The zero-order chi connectivity index (χ0) is 29.0. The van der Waals surface area contributed by atoms with Crippen molar-refractivity contribution in [3.05, 3.63) is 90.0 Å². The topological polar surface area (TPSA) is 173 Å². The maximum atomic E-state index is 13.9. The summed E-state index contributed by atoms with van der Waals surface area (Å²) in [5, 5.41) is 3.39. The van der Waals surface area contributed by atoms with Crippen LogP contribution in [0.15, 0.2) is 78.9 Å². The van der Waals surface area contributed by atoms with E-state index in [1.165, 1.54) is 4.90 Å². The fourth-order valence-electron chi connectivity index (χ4n) is 5.06. The van der Waals surface area contributed by atoms with Crippen LogP contribution < -0.4 is 21.5 Å². The van der Waals surface area contributed by atoms with Crippen molar-refractivity contribution < 1.29 is 18.0 Å². The van der Waals surface area contributed by atoms with E-state index in [-0.39, 0.29) is 29.8 Å². The Morgan fingerprint density at radius 2 is 1.63 bits per heavy atom. The van der Waals surface area contributed by atoms with Gasteiger partial charge in [0, 0.05) is 17.6 Å². The maximum Gasteiger partial charge on any atom is 0.247 e. The van der Waals surface area contributed by atoms with Crippen molar-refractivity contribution in [2.45, 2.75) is 37.1 Å². The number of nitrogens with one attached hydrogen (secondary N) is 2. The molecule has 11 nitrogen and oxygen atoms in total. The Morgan fingerprint density at radius 3 is 2.34 bits per heavy atom. The number of benzene rings is 3. The molecule has 0 saturated carbocycles. The number of nitrogen functional groups attached to an aromatic ring is 2. The number of likely N-dealkylation sites (tertiary alicyclic amines) is 1. The summed E-state index contributed by atoms with van der Waals surface area (Å²) in [5.74, 6) is -0.855. The SMILES string of the molecule is Nc1nc(N)c2cc(NC(=O)C3CCCN3C(=O)C(Cc3ccccc3)NS(=O)(=O)Cc3ccccc3)ccc2n1. The fraction of sp³-hybridized carbons (Fsp3) is 0.241. The van der Waals surface area contributed by atoms with E-state index in [0.717, 1.165) is 5.56 Å². The first-order chi connectivity index (χ1) is 19.7. The monoisotopic (exact) mass is 573 g/mol. The van der Waals surface area contributed by atoms with Gasteiger partial charge in [-0.05, 0) is 48.6 Å². The molecule has 3 aromatic carbocycles. The molecule has 0 radical (unpaired) electrons. The third-order valence-electron chi connectivity index (χ3n) is 6.95. The molecule has 1 fully saturated rings. The Morgan fingerprint density at radius 1 is 0.951 bits per heavy atom. The lowest BCUT2D eigenvalue weighted by Gasteiger charge is -2.29. The molecule has 12 heteroatoms. The second-order valence-corrected chi connectivity index (χ2v) is 11.7. The van der Waals surface area contributed by atoms with Gasteiger partial charge in [0.25, 0.3) is 0 Å². The third kappa shape index (κ3) is 6.79. The molecule has 1 aliphatic rings. The van der Waals surface area contributed by atoms with Gasteiger partial charge in [-0.2, -0.15) is 4.98 Å². The largest absolute Gasteiger partial charge is 0.383 e. The lowest BCUT2D eigenvalue weighted by molar-refractivity contribution is -0.138. The molecule has 1 aromatic heterocycles. The molecule has 2 amide bonds. The summed E-state index contributed by atoms with van der Waals surface area (Å²) < 4.78 is 28.9. The lowest BCUT2D eigenvalue weighted by atomic mass is 10.0. The standard InChI is InChI=1S/C29H31N7O4S/c30-26-22-17-21(13-14-23(22)33-29(31)34-26)32-27(37)25-12-7-15-36(25)28(38)24(16-19-8-3-1-4-9-19)35-41(39,40)18-20-10-5-2-6-11-20/h1-6,8-11,13-14,17,24-25,35H,7,12,15-16,18H2,(H,32,37)(H4,30,31,33,34). The summed E-state index contributed by atoms with van der Waals surface area (Å²) in [6.07, 6.45) is 1.20. The second kappa shape index (κ2) is 11.9. The summed E-state index contributed by atoms with van der Waals surface area (Å²) in [4.78, 5) is 36.8. The van der Waals surface area contributed by atoms with Crippen molar-refractivity contribution in [1.29, 1.82) is 0 Å². The van der Waals surface area contributed by atoms with Crippen molar-refractivity contribution >= 4 is 50.2 Å². The molecule has 2 atom stereocenters. The van der Waals surface area contributed by atoms with Crippen LogP contribution in [0.2, 0.25) is 0 Å². The van der Waals surface area contributed by atoms with Crippen LogP contribution in [0, 0.1) is 0 Å². The fourth-order valence-corrected chi connectivity index (χ4v) is 6.39. The van der Waals surface area contributed by atoms with Crippen LogP contribution in [0.5, 0.6) is 0 Å². The van der Waals surface area contributed by atoms with Crippen molar-refractivity contribution in [3.8, 4) is 0 Å². The number of aromatic nitrogens is 2. The number of hydrogen-bond donors (Lipinski definition) is 4. The quantitative estimate of drug-likeness (QED) is 0.236. The summed E-state index contributed by atoms with van der Waals surface area (Å²) in [6, 6.07) is 21.1. The van der Waals surface area contributed by atoms with Gasteiger partial charge in [-0.1, -0.05) is 60.7 Å². The van der Waals surface area contributed by atoms with Crippen molar-refractivity contribution in [2.75, 3.05) is 23.3 Å². The predicted molar refractivity (Wildman–Crippen MR) is 158 cm³/mol. The highest BCUT2D eigenvalue weighted by atomic mass is 32.2. The minimum Gasteiger partial charge on any atom is -0.383 e. The number of sulfonamides is 1. The van der Waals surface area contributed by atoms with Gasteiger partial charge in [-0.15, -0.1) is 0 Å². The molecule has 5 rings (SSSR count). The minimum atomic E-state index is -3.87. The van der Waals surface area contributed by atoms with Crippen LogP contribution in [0.1, 0.15) is 24.0 Å². The molecule has 212 valence electrons. The van der Waals surface area contributed by atoms with Gasteiger partial charge >= 0.3 is 0 Å². The molecule has 0 bridgehead atoms. The summed E-state index contributed by atoms with van der Waals surface area (Å²) in [5.41, 5.74) is 14.1. The number of rotatable bonds is 9. The van der Waals surface area contributed by atoms with Crippen molar-refractivity contribution in [2.24, 2.45) is 0 Å². The molecule has 41 heavy (non-hydrogen) atoms. The van der Waals surface area contributed by atoms with Crippen LogP contribution in [0.25, 0.3) is 10.9 Å². The second-order valence-electron chi connectivity index (χ2n) is 9.98. The number of nitrogens with zero attached hydrogens (tertiary/aromatic N) is 3. The molecular weight excluding hydrogens is 542 g/mol. The van der Waals surface area contributed by atoms with E-state index in [4.69, 9.17) is 11.5 Å². The van der Waals surface area contributed by atoms with Gasteiger partial charge in [-0.3, -0.25) is 9.59 Å². The highest BCUT2D eigenvalue weighted by Crippen LogP contribution is 2.25. The zero-order valence-corrected chi connectivity index (χ0v) is 23.0. The van der Waals surface area contributed by atoms with Crippen LogP contribution in [-0.4, -0.2) is 53.7 Å². The van der Waals surface area contributed by atoms with E-state index in [2.05, 4.69) is 20.0 Å². The first kappa shape index (κ1) is 28.0. The highest BCUT2D eigenvalue weighted by Gasteiger charge is 2.38. The maximum absolute atomic E-state index is 13.9. The van der Waals surface area contributed by atoms with E-state index >= 15 is 0 Å². The van der Waals surface area contributed by atoms with Gasteiger partial charge in [0.15, 0.2) is 0 Å². The van der Waals surface area contributed by atoms with Gasteiger partial charge in [-0.25, -0.2) is 18.1 Å². The number of anilines is 3. The number of amides is 2. The third-order valence-corrected chi connectivity index (χ3v) is 8.31. The van der Waals surface area contributed by atoms with Crippen LogP contribution in [0.3, 0.4) is 0 Å². The summed E-state index contributed by atoms with van der Waals surface area (Å²) in [7, 11) is -3.87. The average Bonchev–Trinajstić information content (AvgIpc) is 3.44. The predicted octanol–water partition coefficient (Wildman–Crippen LogP) is 2.45. The zero-order valence-electron chi connectivity index (χ0n) is 22.2. The van der Waals surface area contributed by atoms with E-state index in [0.29, 0.717) is 41.5 Å². The Kier molecular flexibility index (Phi) is 8.13. The Balaban J connectivity index is 1.35. The van der Waals surface area contributed by atoms with Gasteiger partial charge in [0.1, 0.15) is 17.9 Å². The van der Waals surface area contributed by atoms with Gasteiger partial charge in [0.05, 0.1) is 11.3 Å². The number of carbonyl (C=O) groups excluding carboxylic acids is 2. The molecular formula is C29H31N7O4S. The summed E-state index contributed by atoms with van der Waals surface area (Å²) in [6.45, 7) is 0.334. The molecule has 1 aliphatic heterocycles. The Bertz CT molecular complexity index is 1670. The first-order valence-corrected chi connectivity index (χ1v) is 14.9. The lowest BCUT2D eigenvalue weighted by Crippen LogP contribution is -2.53. The minimum absolute atomic E-state index is 0.0522. The van der Waals surface area contributed by atoms with Crippen LogP contribution >= 0.6 is 0 Å². The molecule has 0 spiro atoms. The number of carbonyl (C=O) groups is 2. The molecule has 1 saturated heterocycles. The molecule has 6 N–H and O–H groups in total. The number of hydrogen-bond acceptors (Lipinski definition) is 8. The van der Waals surface area contributed by atoms with Crippen molar-refractivity contribution in [1.82, 2.24) is 19.6 Å².